The molecular formula is C20H20Cl2N2O3S. The van der Waals surface area contributed by atoms with Crippen LogP contribution in [0.15, 0.2) is 36.1 Å². The van der Waals surface area contributed by atoms with Crippen LogP contribution in [0.1, 0.15) is 31.2 Å². The Balaban J connectivity index is 1.88. The number of allylic oxidation sites excluding steroid dienone is 1. The van der Waals surface area contributed by atoms with Crippen LogP contribution < -0.4 is 5.32 Å². The van der Waals surface area contributed by atoms with E-state index in [-0.39, 0.29) is 18.5 Å². The van der Waals surface area contributed by atoms with Crippen LogP contribution in [-0.4, -0.2) is 29.0 Å². The second-order valence-corrected chi connectivity index (χ2v) is 9.17. The monoisotopic (exact) mass is 438 g/mol. The van der Waals surface area contributed by atoms with Gasteiger partial charge in [0.15, 0.2) is 6.73 Å². The molecule has 0 radical (unpaired) electrons. The van der Waals surface area contributed by atoms with Gasteiger partial charge in [0.1, 0.15) is 11.3 Å². The van der Waals surface area contributed by atoms with E-state index in [1.807, 2.05) is 13.0 Å². The second-order valence-electron chi connectivity index (χ2n) is 7.01. The molecule has 5 nitrogen and oxygen atoms in total. The molecule has 2 heterocycles. The van der Waals surface area contributed by atoms with Gasteiger partial charge in [0.25, 0.3) is 5.91 Å². The topological polar surface area (TPSA) is 58.6 Å². The maximum atomic E-state index is 13.2. The summed E-state index contributed by atoms with van der Waals surface area (Å²) in [5.74, 6) is -0.0928. The highest BCUT2D eigenvalue weighted by Gasteiger charge is 2.42. The van der Waals surface area contributed by atoms with E-state index in [9.17, 15) is 9.59 Å². The Hall–Kier alpha value is -2.02. The predicted molar refractivity (Wildman–Crippen MR) is 114 cm³/mol. The maximum absolute atomic E-state index is 13.2. The van der Waals surface area contributed by atoms with E-state index in [0.29, 0.717) is 31.3 Å². The fourth-order valence-corrected chi connectivity index (χ4v) is 4.15. The first kappa shape index (κ1) is 20.7. The van der Waals surface area contributed by atoms with Crippen molar-refractivity contribution in [2.75, 3.05) is 12.0 Å². The highest BCUT2D eigenvalue weighted by Crippen LogP contribution is 2.35. The number of rotatable bonds is 4. The summed E-state index contributed by atoms with van der Waals surface area (Å²) in [6.45, 7) is 6.97. The van der Waals surface area contributed by atoms with Crippen LogP contribution in [-0.2, 0) is 14.3 Å². The molecule has 1 N–H and O–H groups in total. The van der Waals surface area contributed by atoms with E-state index in [0.717, 1.165) is 5.56 Å². The first-order valence-electron chi connectivity index (χ1n) is 8.60. The summed E-state index contributed by atoms with van der Waals surface area (Å²) in [5, 5.41) is 3.39. The van der Waals surface area contributed by atoms with E-state index >= 15 is 0 Å². The Bertz CT molecular complexity index is 982. The van der Waals surface area contributed by atoms with Gasteiger partial charge in [-0.15, -0.1) is 11.3 Å². The molecule has 1 aliphatic heterocycles. The van der Waals surface area contributed by atoms with Crippen molar-refractivity contribution in [1.29, 1.82) is 0 Å². The van der Waals surface area contributed by atoms with Gasteiger partial charge >= 0.3 is 0 Å². The number of hydrogen-bond donors (Lipinski definition) is 1. The Morgan fingerprint density at radius 1 is 1.21 bits per heavy atom. The lowest BCUT2D eigenvalue weighted by Crippen LogP contribution is -2.57. The van der Waals surface area contributed by atoms with Crippen LogP contribution in [0.4, 0.5) is 5.69 Å². The average molecular weight is 439 g/mol. The molecule has 1 aromatic heterocycles. The lowest BCUT2D eigenvalue weighted by molar-refractivity contribution is -0.147. The SMILES string of the molecule is CC1=C(c2ccc(Cl)s2)C(=O)N(C(C)(C)C(=O)Nc2cc(Cl)ccc2C)CO1. The first-order chi connectivity index (χ1) is 13.1. The summed E-state index contributed by atoms with van der Waals surface area (Å²) in [6.07, 6.45) is 0. The molecule has 28 heavy (non-hydrogen) atoms. The van der Waals surface area contributed by atoms with Gasteiger partial charge < -0.3 is 10.1 Å². The molecule has 0 unspecified atom stereocenters. The molecule has 0 bridgehead atoms. The first-order valence-corrected chi connectivity index (χ1v) is 10.2. The van der Waals surface area contributed by atoms with Crippen molar-refractivity contribution in [3.05, 3.63) is 55.9 Å². The van der Waals surface area contributed by atoms with Crippen molar-refractivity contribution in [3.8, 4) is 0 Å². The van der Waals surface area contributed by atoms with Crippen molar-refractivity contribution in [2.24, 2.45) is 0 Å². The summed E-state index contributed by atoms with van der Waals surface area (Å²) in [5.41, 5.74) is 0.745. The molecule has 3 rings (SSSR count). The van der Waals surface area contributed by atoms with Gasteiger partial charge in [0, 0.05) is 15.6 Å². The highest BCUT2D eigenvalue weighted by atomic mass is 35.5. The number of thiophene rings is 1. The maximum Gasteiger partial charge on any atom is 0.262 e. The van der Waals surface area contributed by atoms with Crippen molar-refractivity contribution in [2.45, 2.75) is 33.2 Å². The van der Waals surface area contributed by atoms with Gasteiger partial charge in [-0.1, -0.05) is 29.3 Å². The molecule has 1 aromatic carbocycles. The molecule has 0 spiro atoms. The third kappa shape index (κ3) is 3.90. The van der Waals surface area contributed by atoms with Gasteiger partial charge in [-0.05, 0) is 57.5 Å². The van der Waals surface area contributed by atoms with Gasteiger partial charge in [-0.2, -0.15) is 0 Å². The normalized spacial score (nSPS) is 14.9. The number of ether oxygens (including phenoxy) is 1. The number of carbonyl (C=O) groups excluding carboxylic acids is 2. The minimum Gasteiger partial charge on any atom is -0.477 e. The zero-order valence-electron chi connectivity index (χ0n) is 15.9. The van der Waals surface area contributed by atoms with E-state index in [1.54, 1.807) is 45.0 Å². The molecule has 0 atom stereocenters. The van der Waals surface area contributed by atoms with Gasteiger partial charge in [0.05, 0.1) is 9.91 Å². The molecule has 148 valence electrons. The number of anilines is 1. The Morgan fingerprint density at radius 3 is 2.57 bits per heavy atom. The van der Waals surface area contributed by atoms with Gasteiger partial charge in [-0.25, -0.2) is 0 Å². The molecule has 1 aliphatic rings. The molecule has 0 aliphatic carbocycles. The van der Waals surface area contributed by atoms with E-state index in [1.165, 1.54) is 16.2 Å². The smallest absolute Gasteiger partial charge is 0.262 e. The molecular weight excluding hydrogens is 419 g/mol. The van der Waals surface area contributed by atoms with Crippen molar-refractivity contribution < 1.29 is 14.3 Å². The zero-order chi connectivity index (χ0) is 20.6. The summed E-state index contributed by atoms with van der Waals surface area (Å²) in [7, 11) is 0. The Morgan fingerprint density at radius 2 is 1.93 bits per heavy atom. The molecule has 0 saturated heterocycles. The molecule has 0 saturated carbocycles. The molecule has 2 amide bonds. The summed E-state index contributed by atoms with van der Waals surface area (Å²) >= 11 is 13.4. The van der Waals surface area contributed by atoms with E-state index < -0.39 is 5.54 Å². The van der Waals surface area contributed by atoms with Crippen LogP contribution in [0.2, 0.25) is 9.36 Å². The minimum atomic E-state index is -1.15. The number of aryl methyl sites for hydroxylation is 1. The van der Waals surface area contributed by atoms with Crippen LogP contribution in [0.3, 0.4) is 0 Å². The van der Waals surface area contributed by atoms with E-state index in [2.05, 4.69) is 5.32 Å². The van der Waals surface area contributed by atoms with Gasteiger partial charge in [-0.3, -0.25) is 14.5 Å². The third-order valence-electron chi connectivity index (χ3n) is 4.72. The summed E-state index contributed by atoms with van der Waals surface area (Å²) in [6, 6.07) is 8.77. The second kappa shape index (κ2) is 7.78. The van der Waals surface area contributed by atoms with Crippen LogP contribution in [0.25, 0.3) is 5.57 Å². The summed E-state index contributed by atoms with van der Waals surface area (Å²) in [4.78, 5) is 28.4. The third-order valence-corrected chi connectivity index (χ3v) is 6.20. The lowest BCUT2D eigenvalue weighted by atomic mass is 9.98. The van der Waals surface area contributed by atoms with Crippen molar-refractivity contribution in [3.63, 3.8) is 0 Å². The molecule has 8 heteroatoms. The van der Waals surface area contributed by atoms with Crippen LogP contribution in [0.5, 0.6) is 0 Å². The number of halogens is 2. The zero-order valence-corrected chi connectivity index (χ0v) is 18.3. The minimum absolute atomic E-state index is 0.0117. The standard InChI is InChI=1S/C20H20Cl2N2O3S/c1-11-5-6-13(21)9-14(11)23-19(26)20(3,4)24-10-27-12(2)17(18(24)25)15-7-8-16(22)28-15/h5-9H,10H2,1-4H3,(H,23,26). The largest absolute Gasteiger partial charge is 0.477 e. The Labute approximate surface area is 177 Å². The van der Waals surface area contributed by atoms with Gasteiger partial charge in [0.2, 0.25) is 5.91 Å². The van der Waals surface area contributed by atoms with Crippen molar-refractivity contribution in [1.82, 2.24) is 4.90 Å². The number of benzene rings is 1. The van der Waals surface area contributed by atoms with Crippen LogP contribution in [0, 0.1) is 6.92 Å². The quantitative estimate of drug-likeness (QED) is 0.701. The molecule has 0 fully saturated rings. The average Bonchev–Trinajstić information content (AvgIpc) is 3.03. The van der Waals surface area contributed by atoms with E-state index in [4.69, 9.17) is 27.9 Å². The fourth-order valence-electron chi connectivity index (χ4n) is 2.85. The fraction of sp³-hybridized carbons (Fsp3) is 0.300. The number of nitrogens with one attached hydrogen (secondary N) is 1. The number of amides is 2. The number of nitrogens with zero attached hydrogens (tertiary/aromatic N) is 1. The number of carbonyl (C=O) groups is 2. The molecule has 2 aromatic rings. The summed E-state index contributed by atoms with van der Waals surface area (Å²) < 4.78 is 6.29. The lowest BCUT2D eigenvalue weighted by Gasteiger charge is -2.40. The van der Waals surface area contributed by atoms with Crippen molar-refractivity contribution >= 4 is 57.6 Å². The van der Waals surface area contributed by atoms with Crippen LogP contribution >= 0.6 is 34.5 Å². The Kier molecular flexibility index (Phi) is 5.75. The highest BCUT2D eigenvalue weighted by molar-refractivity contribution is 7.17. The number of hydrogen-bond acceptors (Lipinski definition) is 4. The predicted octanol–water partition coefficient (Wildman–Crippen LogP) is 5.33.